The number of hydrogen-bond acceptors (Lipinski definition) is 11. The molecule has 2 atom stereocenters. The number of carboxylic acid groups (broad SMARTS) is 2. The van der Waals surface area contributed by atoms with Gasteiger partial charge < -0.3 is 39.5 Å². The molecule has 5 rings (SSSR count). The van der Waals surface area contributed by atoms with Crippen molar-refractivity contribution in [2.24, 2.45) is 0 Å². The maximum Gasteiger partial charge on any atom is 0.335 e. The second-order valence-corrected chi connectivity index (χ2v) is 15.6. The van der Waals surface area contributed by atoms with Crippen LogP contribution in [-0.2, 0) is 40.1 Å². The van der Waals surface area contributed by atoms with Gasteiger partial charge in [0, 0.05) is 62.0 Å². The molecule has 0 amide bonds. The number of nitrogens with zero attached hydrogens (tertiary/aromatic N) is 2. The number of pyridine rings is 1. The molecule has 1 aliphatic rings. The van der Waals surface area contributed by atoms with Crippen molar-refractivity contribution in [3.05, 3.63) is 99.8 Å². The number of piperidine rings is 1. The highest BCUT2D eigenvalue weighted by Gasteiger charge is 2.39. The Balaban J connectivity index is 1.27. The SMILES string of the molecule is Cc1c(COc2cc(OCc3cncc(S(C)=O)c3)c(CNC(CO)C(=O)O)cc2Cl)cccc1-c1cccc(OCCCN2CCC(O)(C(=O)O)CC2)c1C. The Bertz CT molecular complexity index is 2040. The summed E-state index contributed by atoms with van der Waals surface area (Å²) in [4.78, 5) is 29.7. The number of nitrogens with one attached hydrogen (secondary N) is 1. The molecule has 5 N–H and O–H groups in total. The van der Waals surface area contributed by atoms with Crippen LogP contribution in [0, 0.1) is 13.8 Å². The molecule has 0 bridgehead atoms. The Kier molecular flexibility index (Phi) is 14.8. The number of aromatic nitrogens is 1. The number of ether oxygens (including phenoxy) is 3. The average Bonchev–Trinajstić information content (AvgIpc) is 3.17. The van der Waals surface area contributed by atoms with E-state index >= 15 is 0 Å². The quantitative estimate of drug-likeness (QED) is 0.0786. The van der Waals surface area contributed by atoms with Crippen molar-refractivity contribution in [2.75, 3.05) is 39.1 Å². The van der Waals surface area contributed by atoms with E-state index in [4.69, 9.17) is 25.8 Å². The number of halogens is 1. The molecule has 0 aliphatic carbocycles. The molecule has 3 aromatic carbocycles. The lowest BCUT2D eigenvalue weighted by molar-refractivity contribution is -0.163. The number of hydrogen-bond donors (Lipinski definition) is 5. The van der Waals surface area contributed by atoms with Crippen molar-refractivity contribution in [1.82, 2.24) is 15.2 Å². The van der Waals surface area contributed by atoms with Crippen molar-refractivity contribution in [1.29, 1.82) is 0 Å². The van der Waals surface area contributed by atoms with E-state index in [0.717, 1.165) is 46.5 Å². The largest absolute Gasteiger partial charge is 0.493 e. The van der Waals surface area contributed by atoms with Crippen LogP contribution in [0.25, 0.3) is 11.1 Å². The average molecular weight is 810 g/mol. The fourth-order valence-corrected chi connectivity index (χ4v) is 7.23. The predicted octanol–water partition coefficient (Wildman–Crippen LogP) is 5.13. The van der Waals surface area contributed by atoms with Crippen molar-refractivity contribution in [3.8, 4) is 28.4 Å². The zero-order valence-corrected chi connectivity index (χ0v) is 33.2. The van der Waals surface area contributed by atoms with E-state index in [-0.39, 0.29) is 37.6 Å². The van der Waals surface area contributed by atoms with Gasteiger partial charge in [0.25, 0.3) is 0 Å². The number of carboxylic acids is 2. The number of aliphatic hydroxyl groups is 2. The summed E-state index contributed by atoms with van der Waals surface area (Å²) in [7, 11) is -1.23. The summed E-state index contributed by atoms with van der Waals surface area (Å²) in [6, 6.07) is 15.8. The second kappa shape index (κ2) is 19.5. The lowest BCUT2D eigenvalue weighted by Gasteiger charge is -2.35. The minimum atomic E-state index is -1.63. The third-order valence-corrected chi connectivity index (χ3v) is 11.2. The zero-order valence-electron chi connectivity index (χ0n) is 31.6. The van der Waals surface area contributed by atoms with Crippen molar-refractivity contribution >= 4 is 34.3 Å². The molecule has 0 saturated carbocycles. The van der Waals surface area contributed by atoms with E-state index in [1.54, 1.807) is 30.7 Å². The molecule has 0 radical (unpaired) electrons. The molecule has 2 unspecified atom stereocenters. The molecule has 1 saturated heterocycles. The van der Waals surface area contributed by atoms with Gasteiger partial charge in [-0.1, -0.05) is 41.9 Å². The lowest BCUT2D eigenvalue weighted by atomic mass is 9.91. The molecule has 13 nitrogen and oxygen atoms in total. The van der Waals surface area contributed by atoms with Gasteiger partial charge in [-0.3, -0.25) is 19.3 Å². The van der Waals surface area contributed by atoms with Crippen LogP contribution in [0.4, 0.5) is 0 Å². The normalized spacial score (nSPS) is 15.2. The van der Waals surface area contributed by atoms with Crippen molar-refractivity contribution in [2.45, 2.75) is 69.4 Å². The van der Waals surface area contributed by atoms with Crippen LogP contribution >= 0.6 is 11.6 Å². The van der Waals surface area contributed by atoms with Gasteiger partial charge in [0.1, 0.15) is 36.5 Å². The number of aliphatic hydroxyl groups excluding tert-OH is 1. The van der Waals surface area contributed by atoms with E-state index in [2.05, 4.69) is 27.3 Å². The summed E-state index contributed by atoms with van der Waals surface area (Å²) < 4.78 is 30.7. The molecule has 4 aromatic rings. The third-order valence-electron chi connectivity index (χ3n) is 9.99. The van der Waals surface area contributed by atoms with Crippen LogP contribution in [0.5, 0.6) is 17.2 Å². The number of likely N-dealkylation sites (tertiary alicyclic amines) is 1. The molecule has 300 valence electrons. The second-order valence-electron chi connectivity index (χ2n) is 13.8. The number of aliphatic carboxylic acids is 2. The van der Waals surface area contributed by atoms with Crippen LogP contribution in [-0.4, -0.2) is 97.2 Å². The van der Waals surface area contributed by atoms with Gasteiger partial charge in [0.2, 0.25) is 0 Å². The van der Waals surface area contributed by atoms with E-state index in [9.17, 15) is 34.2 Å². The van der Waals surface area contributed by atoms with Crippen LogP contribution in [0.2, 0.25) is 5.02 Å². The van der Waals surface area contributed by atoms with Gasteiger partial charge in [-0.25, -0.2) is 4.79 Å². The van der Waals surface area contributed by atoms with Gasteiger partial charge in [0.15, 0.2) is 5.60 Å². The molecule has 1 aromatic heterocycles. The minimum absolute atomic E-state index is 0.0334. The van der Waals surface area contributed by atoms with Crippen LogP contribution in [0.3, 0.4) is 0 Å². The molecule has 1 aliphatic heterocycles. The Morgan fingerprint density at radius 3 is 2.30 bits per heavy atom. The first-order valence-electron chi connectivity index (χ1n) is 18.2. The van der Waals surface area contributed by atoms with Crippen molar-refractivity contribution < 1.29 is 48.4 Å². The summed E-state index contributed by atoms with van der Waals surface area (Å²) in [5, 5.41) is 41.5. The monoisotopic (exact) mass is 809 g/mol. The minimum Gasteiger partial charge on any atom is -0.493 e. The Labute approximate surface area is 333 Å². The molecule has 56 heavy (non-hydrogen) atoms. The van der Waals surface area contributed by atoms with Gasteiger partial charge in [-0.2, -0.15) is 0 Å². The summed E-state index contributed by atoms with van der Waals surface area (Å²) in [6.45, 7) is 6.03. The molecule has 0 spiro atoms. The number of rotatable bonds is 19. The van der Waals surface area contributed by atoms with Gasteiger partial charge >= 0.3 is 11.9 Å². The summed E-state index contributed by atoms with van der Waals surface area (Å²) in [5.74, 6) is -0.860. The fourth-order valence-electron chi connectivity index (χ4n) is 6.46. The first kappa shape index (κ1) is 42.6. The van der Waals surface area contributed by atoms with Crippen molar-refractivity contribution in [3.63, 3.8) is 0 Å². The molecular weight excluding hydrogens is 762 g/mol. The summed E-state index contributed by atoms with van der Waals surface area (Å²) in [5.41, 5.74) is 4.56. The highest BCUT2D eigenvalue weighted by atomic mass is 35.5. The molecular formula is C41H48ClN3O10S. The Morgan fingerprint density at radius 2 is 1.62 bits per heavy atom. The van der Waals surface area contributed by atoms with Crippen LogP contribution < -0.4 is 19.5 Å². The standard InChI is InChI=1S/C41H48ClN3O10S/c1-26-29(7-4-8-32(26)33-9-5-10-36(27(33)2)53-16-6-13-45-14-11-41(51,12-15-45)40(49)50)25-55-38-19-37(54-24-28-17-31(56(3)52)22-43-20-28)30(18-34(38)42)21-44-35(23-46)39(47)48/h4-5,7-10,17-20,22,35,44,46,51H,6,11-16,21,23-25H2,1-3H3,(H,47,48)(H,49,50). The predicted molar refractivity (Wildman–Crippen MR) is 212 cm³/mol. The van der Waals surface area contributed by atoms with Gasteiger partial charge in [0.05, 0.1) is 33.9 Å². The number of carbonyl (C=O) groups is 2. The Morgan fingerprint density at radius 1 is 0.929 bits per heavy atom. The highest BCUT2D eigenvalue weighted by molar-refractivity contribution is 7.84. The maximum atomic E-state index is 12.0. The molecule has 2 heterocycles. The topological polar surface area (TPSA) is 188 Å². The third kappa shape index (κ3) is 10.8. The zero-order chi connectivity index (χ0) is 40.4. The van der Waals surface area contributed by atoms with Crippen LogP contribution in [0.15, 0.2) is 71.9 Å². The molecule has 1 fully saturated rings. The first-order chi connectivity index (χ1) is 26.8. The Hall–Kier alpha value is -4.57. The van der Waals surface area contributed by atoms with Crippen LogP contribution in [0.1, 0.15) is 47.1 Å². The van der Waals surface area contributed by atoms with E-state index < -0.39 is 41.0 Å². The number of benzene rings is 3. The fraction of sp³-hybridized carbons (Fsp3) is 0.390. The smallest absolute Gasteiger partial charge is 0.335 e. The lowest BCUT2D eigenvalue weighted by Crippen LogP contribution is -2.49. The molecule has 15 heteroatoms. The van der Waals surface area contributed by atoms with Gasteiger partial charge in [-0.05, 0) is 79.1 Å². The summed E-state index contributed by atoms with van der Waals surface area (Å²) >= 11 is 6.71. The summed E-state index contributed by atoms with van der Waals surface area (Å²) in [6.07, 6.45) is 5.88. The maximum absolute atomic E-state index is 12.0. The first-order valence-corrected chi connectivity index (χ1v) is 20.1. The van der Waals surface area contributed by atoms with Gasteiger partial charge in [-0.15, -0.1) is 0 Å². The highest BCUT2D eigenvalue weighted by Crippen LogP contribution is 2.36. The van der Waals surface area contributed by atoms with E-state index in [1.807, 2.05) is 38.1 Å². The van der Waals surface area contributed by atoms with E-state index in [1.165, 1.54) is 6.20 Å². The van der Waals surface area contributed by atoms with E-state index in [0.29, 0.717) is 47.2 Å².